The first-order valence-electron chi connectivity index (χ1n) is 6.39. The van der Waals surface area contributed by atoms with Gasteiger partial charge in [0.25, 0.3) is 0 Å². The van der Waals surface area contributed by atoms with Crippen LogP contribution in [-0.2, 0) is 6.42 Å². The number of hydrogen-bond acceptors (Lipinski definition) is 4. The molecule has 18 heavy (non-hydrogen) atoms. The summed E-state index contributed by atoms with van der Waals surface area (Å²) in [5, 5.41) is 3.14. The normalized spacial score (nSPS) is 17.9. The number of carbonyl (C=O) groups excluding carboxylic acids is 1. The van der Waals surface area contributed by atoms with Gasteiger partial charge in [0.2, 0.25) is 0 Å². The molecular weight excluding hydrogens is 244 g/mol. The average molecular weight is 260 g/mol. The second-order valence-corrected chi connectivity index (χ2v) is 5.77. The van der Waals surface area contributed by atoms with Crippen molar-refractivity contribution in [3.05, 3.63) is 29.3 Å². The molecule has 3 nitrogen and oxygen atoms in total. The largest absolute Gasteiger partial charge is 0.372 e. The number of amidine groups is 1. The number of aryl methyl sites for hydroxylation is 1. The molecule has 0 saturated heterocycles. The second kappa shape index (κ2) is 5.14. The zero-order valence-electron chi connectivity index (χ0n) is 10.2. The van der Waals surface area contributed by atoms with Crippen LogP contribution >= 0.6 is 11.8 Å². The van der Waals surface area contributed by atoms with Crippen molar-refractivity contribution < 1.29 is 4.79 Å². The van der Waals surface area contributed by atoms with Crippen LogP contribution < -0.4 is 5.32 Å². The number of ketones is 1. The molecule has 0 spiro atoms. The number of hydrogen-bond donors (Lipinski definition) is 1. The standard InChI is InChI=1S/C14H16N2OS/c17-12(9-14-15-5-6-16-14)10-3-4-13-11(8-10)2-1-7-18-13/h3-4,8H,1-2,5-7,9H2,(H,15,16). The van der Waals surface area contributed by atoms with E-state index < -0.39 is 0 Å². The van der Waals surface area contributed by atoms with Gasteiger partial charge >= 0.3 is 0 Å². The zero-order valence-corrected chi connectivity index (χ0v) is 11.1. The van der Waals surface area contributed by atoms with Crippen molar-refractivity contribution in [1.82, 2.24) is 5.32 Å². The Kier molecular flexibility index (Phi) is 3.37. The predicted molar refractivity (Wildman–Crippen MR) is 74.7 cm³/mol. The predicted octanol–water partition coefficient (Wildman–Crippen LogP) is 2.30. The van der Waals surface area contributed by atoms with Gasteiger partial charge in [0.1, 0.15) is 5.84 Å². The summed E-state index contributed by atoms with van der Waals surface area (Å²) in [6, 6.07) is 6.12. The van der Waals surface area contributed by atoms with Gasteiger partial charge in [-0.1, -0.05) is 6.07 Å². The molecule has 0 amide bonds. The third-order valence-electron chi connectivity index (χ3n) is 3.30. The van der Waals surface area contributed by atoms with Gasteiger partial charge in [-0.25, -0.2) is 0 Å². The van der Waals surface area contributed by atoms with Crippen LogP contribution in [0.1, 0.15) is 28.8 Å². The van der Waals surface area contributed by atoms with Gasteiger partial charge in [-0.2, -0.15) is 0 Å². The molecule has 0 fully saturated rings. The van der Waals surface area contributed by atoms with Gasteiger partial charge in [-0.3, -0.25) is 9.79 Å². The lowest BCUT2D eigenvalue weighted by Crippen LogP contribution is -2.21. The maximum absolute atomic E-state index is 12.2. The molecule has 94 valence electrons. The molecule has 0 unspecified atom stereocenters. The van der Waals surface area contributed by atoms with E-state index in [4.69, 9.17) is 0 Å². The number of aliphatic imine (C=N–C) groups is 1. The van der Waals surface area contributed by atoms with Crippen LogP contribution in [0, 0.1) is 0 Å². The first-order chi connectivity index (χ1) is 8.83. The van der Waals surface area contributed by atoms with Crippen molar-refractivity contribution in [2.45, 2.75) is 24.2 Å². The first-order valence-corrected chi connectivity index (χ1v) is 7.37. The fourth-order valence-corrected chi connectivity index (χ4v) is 3.37. The summed E-state index contributed by atoms with van der Waals surface area (Å²) in [5.74, 6) is 2.20. The van der Waals surface area contributed by atoms with E-state index in [1.54, 1.807) is 0 Å². The number of fused-ring (bicyclic) bond motifs is 1. The van der Waals surface area contributed by atoms with Crippen LogP contribution in [0.25, 0.3) is 0 Å². The highest BCUT2D eigenvalue weighted by Crippen LogP contribution is 2.30. The fourth-order valence-electron chi connectivity index (χ4n) is 2.35. The van der Waals surface area contributed by atoms with Crippen molar-refractivity contribution in [3.63, 3.8) is 0 Å². The van der Waals surface area contributed by atoms with E-state index in [0.717, 1.165) is 30.9 Å². The quantitative estimate of drug-likeness (QED) is 0.848. The van der Waals surface area contributed by atoms with Crippen molar-refractivity contribution in [3.8, 4) is 0 Å². The van der Waals surface area contributed by atoms with Crippen LogP contribution in [0.15, 0.2) is 28.1 Å². The lowest BCUT2D eigenvalue weighted by atomic mass is 10.0. The zero-order chi connectivity index (χ0) is 12.4. The molecular formula is C14H16N2OS. The van der Waals surface area contributed by atoms with Crippen LogP contribution in [-0.4, -0.2) is 30.5 Å². The molecule has 1 N–H and O–H groups in total. The van der Waals surface area contributed by atoms with Crippen LogP contribution in [0.3, 0.4) is 0 Å². The molecule has 3 rings (SSSR count). The maximum Gasteiger partial charge on any atom is 0.170 e. The molecule has 1 aromatic rings. The second-order valence-electron chi connectivity index (χ2n) is 4.63. The van der Waals surface area contributed by atoms with E-state index in [1.165, 1.54) is 22.6 Å². The average Bonchev–Trinajstić information content (AvgIpc) is 2.91. The van der Waals surface area contributed by atoms with Crippen molar-refractivity contribution in [2.75, 3.05) is 18.8 Å². The molecule has 2 aliphatic heterocycles. The Morgan fingerprint density at radius 1 is 1.44 bits per heavy atom. The Balaban J connectivity index is 1.77. The van der Waals surface area contributed by atoms with E-state index in [2.05, 4.69) is 22.4 Å². The monoisotopic (exact) mass is 260 g/mol. The number of carbonyl (C=O) groups is 1. The minimum atomic E-state index is 0.168. The molecule has 2 aliphatic rings. The van der Waals surface area contributed by atoms with Gasteiger partial charge in [0, 0.05) is 17.0 Å². The highest BCUT2D eigenvalue weighted by molar-refractivity contribution is 7.99. The van der Waals surface area contributed by atoms with Crippen molar-refractivity contribution in [2.24, 2.45) is 4.99 Å². The number of thioether (sulfide) groups is 1. The SMILES string of the molecule is O=C(CC1=NCCN1)c1ccc2c(c1)CCCS2. The van der Waals surface area contributed by atoms with Gasteiger partial charge in [-0.15, -0.1) is 11.8 Å². The van der Waals surface area contributed by atoms with Gasteiger partial charge in [-0.05, 0) is 36.3 Å². The Morgan fingerprint density at radius 2 is 2.39 bits per heavy atom. The summed E-state index contributed by atoms with van der Waals surface area (Å²) in [7, 11) is 0. The highest BCUT2D eigenvalue weighted by Gasteiger charge is 2.16. The number of nitrogens with one attached hydrogen (secondary N) is 1. The third kappa shape index (κ3) is 2.43. The van der Waals surface area contributed by atoms with Gasteiger partial charge in [0.15, 0.2) is 5.78 Å². The third-order valence-corrected chi connectivity index (χ3v) is 4.50. The number of Topliss-reactive ketones (excluding diaryl/α,β-unsaturated/α-hetero) is 1. The van der Waals surface area contributed by atoms with Crippen molar-refractivity contribution >= 4 is 23.4 Å². The minimum absolute atomic E-state index is 0.168. The van der Waals surface area contributed by atoms with E-state index in [9.17, 15) is 4.79 Å². The molecule has 0 aliphatic carbocycles. The first kappa shape index (κ1) is 11.8. The van der Waals surface area contributed by atoms with Crippen LogP contribution in [0.5, 0.6) is 0 Å². The van der Waals surface area contributed by atoms with E-state index >= 15 is 0 Å². The lowest BCUT2D eigenvalue weighted by molar-refractivity contribution is 0.1000. The Morgan fingerprint density at radius 3 is 3.22 bits per heavy atom. The summed E-state index contributed by atoms with van der Waals surface area (Å²) in [5.41, 5.74) is 2.16. The highest BCUT2D eigenvalue weighted by atomic mass is 32.2. The van der Waals surface area contributed by atoms with Crippen LogP contribution in [0.2, 0.25) is 0 Å². The molecule has 4 heteroatoms. The molecule has 0 aromatic heterocycles. The lowest BCUT2D eigenvalue weighted by Gasteiger charge is -2.15. The summed E-state index contributed by atoms with van der Waals surface area (Å²) < 4.78 is 0. The Bertz CT molecular complexity index is 511. The van der Waals surface area contributed by atoms with E-state index in [1.807, 2.05) is 17.8 Å². The molecule has 1 aromatic carbocycles. The van der Waals surface area contributed by atoms with Crippen molar-refractivity contribution in [1.29, 1.82) is 0 Å². The fraction of sp³-hybridized carbons (Fsp3) is 0.429. The Hall–Kier alpha value is -1.29. The molecule has 0 saturated carbocycles. The number of rotatable bonds is 3. The smallest absolute Gasteiger partial charge is 0.170 e. The van der Waals surface area contributed by atoms with Gasteiger partial charge < -0.3 is 5.32 Å². The number of benzene rings is 1. The molecule has 0 radical (unpaired) electrons. The summed E-state index contributed by atoms with van der Waals surface area (Å²) >= 11 is 1.89. The van der Waals surface area contributed by atoms with E-state index in [-0.39, 0.29) is 5.78 Å². The minimum Gasteiger partial charge on any atom is -0.372 e. The summed E-state index contributed by atoms with van der Waals surface area (Å²) in [4.78, 5) is 17.8. The van der Waals surface area contributed by atoms with Gasteiger partial charge in [0.05, 0.1) is 13.0 Å². The molecule has 2 heterocycles. The maximum atomic E-state index is 12.2. The summed E-state index contributed by atoms with van der Waals surface area (Å²) in [6.07, 6.45) is 2.72. The molecule has 0 bridgehead atoms. The van der Waals surface area contributed by atoms with Crippen LogP contribution in [0.4, 0.5) is 0 Å². The molecule has 0 atom stereocenters. The number of nitrogens with zero attached hydrogens (tertiary/aromatic N) is 1. The topological polar surface area (TPSA) is 41.5 Å². The summed E-state index contributed by atoms with van der Waals surface area (Å²) in [6.45, 7) is 1.66. The Labute approximate surface area is 111 Å². The van der Waals surface area contributed by atoms with E-state index in [0.29, 0.717) is 6.42 Å².